The van der Waals surface area contributed by atoms with Gasteiger partial charge in [-0.15, -0.1) is 0 Å². The fourth-order valence-corrected chi connectivity index (χ4v) is 2.17. The number of hydrogen-bond donors (Lipinski definition) is 1. The van der Waals surface area contributed by atoms with Crippen LogP contribution >= 0.6 is 0 Å². The van der Waals surface area contributed by atoms with Gasteiger partial charge in [-0.25, -0.2) is 4.39 Å². The van der Waals surface area contributed by atoms with E-state index < -0.39 is 11.8 Å². The zero-order valence-corrected chi connectivity index (χ0v) is 11.0. The molecule has 2 rings (SSSR count). The SMILES string of the molecule is CC(O)Cc1cc2c(cc1C(C)(C)F)OCCO2. The van der Waals surface area contributed by atoms with Gasteiger partial charge in [-0.05, 0) is 50.5 Å². The Morgan fingerprint density at radius 3 is 2.33 bits per heavy atom. The molecule has 0 spiro atoms. The molecule has 1 N–H and O–H groups in total. The van der Waals surface area contributed by atoms with Crippen LogP contribution in [0.15, 0.2) is 12.1 Å². The van der Waals surface area contributed by atoms with Crippen LogP contribution in [0.1, 0.15) is 31.9 Å². The van der Waals surface area contributed by atoms with Gasteiger partial charge in [0.05, 0.1) is 6.10 Å². The van der Waals surface area contributed by atoms with Crippen LogP contribution in [0.3, 0.4) is 0 Å². The number of aliphatic hydroxyl groups excluding tert-OH is 1. The molecule has 3 nitrogen and oxygen atoms in total. The van der Waals surface area contributed by atoms with E-state index in [-0.39, 0.29) is 0 Å². The normalized spacial score (nSPS) is 16.5. The van der Waals surface area contributed by atoms with Crippen LogP contribution in [0.25, 0.3) is 0 Å². The molecular weight excluding hydrogens is 235 g/mol. The molecule has 18 heavy (non-hydrogen) atoms. The van der Waals surface area contributed by atoms with Crippen molar-refractivity contribution in [1.29, 1.82) is 0 Å². The first-order valence-corrected chi connectivity index (χ1v) is 6.18. The van der Waals surface area contributed by atoms with E-state index in [1.807, 2.05) is 0 Å². The summed E-state index contributed by atoms with van der Waals surface area (Å²) in [6.07, 6.45) is -0.118. The van der Waals surface area contributed by atoms with Gasteiger partial charge in [0.15, 0.2) is 11.5 Å². The monoisotopic (exact) mass is 254 g/mol. The topological polar surface area (TPSA) is 38.7 Å². The van der Waals surface area contributed by atoms with E-state index in [2.05, 4.69) is 0 Å². The van der Waals surface area contributed by atoms with E-state index in [0.717, 1.165) is 5.56 Å². The minimum atomic E-state index is -1.47. The first-order valence-electron chi connectivity index (χ1n) is 6.18. The molecule has 4 heteroatoms. The summed E-state index contributed by atoms with van der Waals surface area (Å²) in [5.74, 6) is 1.21. The smallest absolute Gasteiger partial charge is 0.161 e. The molecule has 0 aromatic heterocycles. The maximum atomic E-state index is 14.2. The van der Waals surface area contributed by atoms with Crippen LogP contribution < -0.4 is 9.47 Å². The second-order valence-corrected chi connectivity index (χ2v) is 5.18. The molecule has 1 heterocycles. The Labute approximate surface area is 107 Å². The number of alkyl halides is 1. The maximum Gasteiger partial charge on any atom is 0.161 e. The highest BCUT2D eigenvalue weighted by Crippen LogP contribution is 2.39. The molecule has 1 unspecified atom stereocenters. The van der Waals surface area contributed by atoms with Crippen LogP contribution in [0.5, 0.6) is 11.5 Å². The number of fused-ring (bicyclic) bond motifs is 1. The van der Waals surface area contributed by atoms with Gasteiger partial charge in [0.1, 0.15) is 18.9 Å². The summed E-state index contributed by atoms with van der Waals surface area (Å²) in [5, 5.41) is 9.51. The van der Waals surface area contributed by atoms with Gasteiger partial charge in [0.2, 0.25) is 0 Å². The molecular formula is C14H19FO3. The second-order valence-electron chi connectivity index (χ2n) is 5.18. The third-order valence-electron chi connectivity index (χ3n) is 2.92. The Balaban J connectivity index is 2.47. The number of halogens is 1. The summed E-state index contributed by atoms with van der Waals surface area (Å²) in [4.78, 5) is 0. The predicted octanol–water partition coefficient (Wildman–Crippen LogP) is 2.59. The zero-order valence-electron chi connectivity index (χ0n) is 11.0. The van der Waals surface area contributed by atoms with Crippen LogP contribution in [0.4, 0.5) is 4.39 Å². The van der Waals surface area contributed by atoms with E-state index >= 15 is 0 Å². The lowest BCUT2D eigenvalue weighted by molar-refractivity contribution is 0.166. The van der Waals surface area contributed by atoms with Crippen LogP contribution in [-0.2, 0) is 12.1 Å². The van der Waals surface area contributed by atoms with Crippen molar-refractivity contribution in [2.75, 3.05) is 13.2 Å². The first-order chi connectivity index (χ1) is 8.38. The van der Waals surface area contributed by atoms with Crippen LogP contribution in [-0.4, -0.2) is 24.4 Å². The number of rotatable bonds is 3. The largest absolute Gasteiger partial charge is 0.486 e. The Kier molecular flexibility index (Phi) is 3.48. The van der Waals surface area contributed by atoms with Crippen molar-refractivity contribution in [2.45, 2.75) is 39.0 Å². The molecule has 0 amide bonds. The molecule has 0 radical (unpaired) electrons. The van der Waals surface area contributed by atoms with Crippen molar-refractivity contribution >= 4 is 0 Å². The minimum absolute atomic E-state index is 0.402. The molecule has 0 bridgehead atoms. The highest BCUT2D eigenvalue weighted by atomic mass is 19.1. The highest BCUT2D eigenvalue weighted by Gasteiger charge is 2.26. The van der Waals surface area contributed by atoms with Crippen molar-refractivity contribution in [3.63, 3.8) is 0 Å². The fourth-order valence-electron chi connectivity index (χ4n) is 2.17. The first kappa shape index (κ1) is 13.1. The van der Waals surface area contributed by atoms with Gasteiger partial charge in [-0.1, -0.05) is 0 Å². The maximum absolute atomic E-state index is 14.2. The molecule has 1 aliphatic rings. The van der Waals surface area contributed by atoms with Crippen molar-refractivity contribution in [3.8, 4) is 11.5 Å². The summed E-state index contributed by atoms with van der Waals surface area (Å²) in [5.41, 5.74) is -0.158. The van der Waals surface area contributed by atoms with E-state index in [9.17, 15) is 9.50 Å². The van der Waals surface area contributed by atoms with Crippen LogP contribution in [0.2, 0.25) is 0 Å². The number of benzene rings is 1. The Morgan fingerprint density at radius 1 is 1.28 bits per heavy atom. The average molecular weight is 254 g/mol. The highest BCUT2D eigenvalue weighted by molar-refractivity contribution is 5.50. The summed E-state index contributed by atoms with van der Waals surface area (Å²) in [7, 11) is 0. The van der Waals surface area contributed by atoms with Crippen molar-refractivity contribution in [1.82, 2.24) is 0 Å². The van der Waals surface area contributed by atoms with E-state index in [0.29, 0.717) is 36.7 Å². The van der Waals surface area contributed by atoms with Crippen molar-refractivity contribution in [2.24, 2.45) is 0 Å². The lowest BCUT2D eigenvalue weighted by atomic mass is 9.91. The lowest BCUT2D eigenvalue weighted by Crippen LogP contribution is -2.20. The average Bonchev–Trinajstić information content (AvgIpc) is 2.26. The van der Waals surface area contributed by atoms with Gasteiger partial charge >= 0.3 is 0 Å². The van der Waals surface area contributed by atoms with E-state index in [1.54, 1.807) is 19.1 Å². The Bertz CT molecular complexity index is 435. The molecule has 1 aromatic carbocycles. The Hall–Kier alpha value is -1.29. The Morgan fingerprint density at radius 2 is 1.83 bits per heavy atom. The van der Waals surface area contributed by atoms with Crippen molar-refractivity contribution in [3.05, 3.63) is 23.3 Å². The van der Waals surface area contributed by atoms with Gasteiger partial charge < -0.3 is 14.6 Å². The van der Waals surface area contributed by atoms with Crippen molar-refractivity contribution < 1.29 is 19.0 Å². The van der Waals surface area contributed by atoms with Crippen LogP contribution in [0, 0.1) is 0 Å². The quantitative estimate of drug-likeness (QED) is 0.901. The molecule has 100 valence electrons. The standard InChI is InChI=1S/C14H19FO3/c1-9(16)6-10-7-12-13(18-5-4-17-12)8-11(10)14(2,3)15/h7-9,16H,4-6H2,1-3H3. The molecule has 0 saturated heterocycles. The fraction of sp³-hybridized carbons (Fsp3) is 0.571. The summed E-state index contributed by atoms with van der Waals surface area (Å²) >= 11 is 0. The molecule has 1 aliphatic heterocycles. The van der Waals surface area contributed by atoms with Gasteiger partial charge in [0, 0.05) is 0 Å². The van der Waals surface area contributed by atoms with E-state index in [1.165, 1.54) is 13.8 Å². The number of hydrogen-bond acceptors (Lipinski definition) is 3. The summed E-state index contributed by atoms with van der Waals surface area (Å²) in [6, 6.07) is 3.46. The summed E-state index contributed by atoms with van der Waals surface area (Å²) in [6.45, 7) is 5.67. The minimum Gasteiger partial charge on any atom is -0.486 e. The second kappa shape index (κ2) is 4.76. The van der Waals surface area contributed by atoms with E-state index in [4.69, 9.17) is 9.47 Å². The predicted molar refractivity (Wildman–Crippen MR) is 67.0 cm³/mol. The third-order valence-corrected chi connectivity index (χ3v) is 2.92. The van der Waals surface area contributed by atoms with Gasteiger partial charge in [-0.2, -0.15) is 0 Å². The van der Waals surface area contributed by atoms with Gasteiger partial charge in [0.25, 0.3) is 0 Å². The number of aliphatic hydroxyl groups is 1. The molecule has 1 atom stereocenters. The van der Waals surface area contributed by atoms with Gasteiger partial charge in [-0.3, -0.25) is 0 Å². The number of ether oxygens (including phenoxy) is 2. The third kappa shape index (κ3) is 2.75. The molecule has 0 aliphatic carbocycles. The molecule has 0 saturated carbocycles. The molecule has 0 fully saturated rings. The zero-order chi connectivity index (χ0) is 13.3. The molecule has 1 aromatic rings. The summed E-state index contributed by atoms with van der Waals surface area (Å²) < 4.78 is 25.2. The lowest BCUT2D eigenvalue weighted by Gasteiger charge is -2.25.